The van der Waals surface area contributed by atoms with Crippen LogP contribution in [0.5, 0.6) is 0 Å². The number of nitrogens with zero attached hydrogens (tertiary/aromatic N) is 2. The monoisotopic (exact) mass is 307 g/mol. The molecule has 122 valence electrons. The summed E-state index contributed by atoms with van der Waals surface area (Å²) in [5.41, 5.74) is -0.601. The van der Waals surface area contributed by atoms with Gasteiger partial charge in [0.1, 0.15) is 0 Å². The normalized spacial score (nSPS) is 17.4. The van der Waals surface area contributed by atoms with Gasteiger partial charge in [0, 0.05) is 12.1 Å². The molecule has 1 aliphatic rings. The maximum Gasteiger partial charge on any atom is 0.331 e. The zero-order chi connectivity index (χ0) is 16.3. The van der Waals surface area contributed by atoms with Crippen LogP contribution in [0.3, 0.4) is 0 Å². The van der Waals surface area contributed by atoms with Crippen molar-refractivity contribution in [1.82, 2.24) is 9.78 Å². The third-order valence-corrected chi connectivity index (χ3v) is 4.56. The van der Waals surface area contributed by atoms with Crippen LogP contribution in [0.25, 0.3) is 0 Å². The first kappa shape index (κ1) is 16.5. The van der Waals surface area contributed by atoms with Gasteiger partial charge >= 0.3 is 5.97 Å². The van der Waals surface area contributed by atoms with Crippen LogP contribution < -0.4 is 5.32 Å². The van der Waals surface area contributed by atoms with Crippen molar-refractivity contribution in [2.45, 2.75) is 58.4 Å². The Hall–Kier alpha value is -1.85. The highest BCUT2D eigenvalue weighted by molar-refractivity contribution is 5.92. The first-order valence-corrected chi connectivity index (χ1v) is 7.90. The van der Waals surface area contributed by atoms with E-state index in [9.17, 15) is 14.7 Å². The molecule has 1 unspecified atom stereocenters. The van der Waals surface area contributed by atoms with Crippen molar-refractivity contribution in [1.29, 1.82) is 0 Å². The molecule has 1 saturated carbocycles. The molecular formula is C16H25N3O3. The number of hydrogen-bond donors (Lipinski definition) is 2. The molecule has 1 amide bonds. The molecule has 1 fully saturated rings. The SMILES string of the molecule is CC(CC1CCCC1)C(=O)Nc1cnn(C(C)(C)C(=O)O)c1. The molecule has 6 nitrogen and oxygen atoms in total. The van der Waals surface area contributed by atoms with Crippen molar-refractivity contribution in [2.24, 2.45) is 11.8 Å². The second-order valence-electron chi connectivity index (χ2n) is 6.81. The number of amides is 1. The fraction of sp³-hybridized carbons (Fsp3) is 0.688. The van der Waals surface area contributed by atoms with Crippen LogP contribution in [0.15, 0.2) is 12.4 Å². The summed E-state index contributed by atoms with van der Waals surface area (Å²) < 4.78 is 1.35. The van der Waals surface area contributed by atoms with E-state index in [1.54, 1.807) is 20.0 Å². The van der Waals surface area contributed by atoms with Crippen LogP contribution in [-0.2, 0) is 15.1 Å². The quantitative estimate of drug-likeness (QED) is 0.846. The second kappa shape index (κ2) is 6.50. The summed E-state index contributed by atoms with van der Waals surface area (Å²) in [6.45, 7) is 5.08. The molecule has 0 spiro atoms. The lowest BCUT2D eigenvalue weighted by atomic mass is 9.94. The number of aromatic nitrogens is 2. The van der Waals surface area contributed by atoms with Gasteiger partial charge in [-0.2, -0.15) is 5.10 Å². The van der Waals surface area contributed by atoms with E-state index >= 15 is 0 Å². The average molecular weight is 307 g/mol. The van der Waals surface area contributed by atoms with E-state index in [1.807, 2.05) is 6.92 Å². The summed E-state index contributed by atoms with van der Waals surface area (Å²) in [6.07, 6.45) is 8.97. The molecule has 2 rings (SSSR count). The minimum atomic E-state index is -1.14. The minimum Gasteiger partial charge on any atom is -0.479 e. The topological polar surface area (TPSA) is 84.2 Å². The van der Waals surface area contributed by atoms with Crippen LogP contribution in [0.1, 0.15) is 52.9 Å². The lowest BCUT2D eigenvalue weighted by Gasteiger charge is -2.19. The average Bonchev–Trinajstić information content (AvgIpc) is 3.10. The first-order valence-electron chi connectivity index (χ1n) is 7.90. The fourth-order valence-corrected chi connectivity index (χ4v) is 2.91. The molecule has 0 radical (unpaired) electrons. The number of rotatable bonds is 6. The lowest BCUT2D eigenvalue weighted by Crippen LogP contribution is -2.35. The number of carboxylic acid groups (broad SMARTS) is 1. The summed E-state index contributed by atoms with van der Waals surface area (Å²) >= 11 is 0. The molecule has 1 aromatic heterocycles. The largest absolute Gasteiger partial charge is 0.479 e. The number of aliphatic carboxylic acids is 1. The maximum absolute atomic E-state index is 12.2. The molecule has 1 aromatic rings. The van der Waals surface area contributed by atoms with Crippen molar-refractivity contribution < 1.29 is 14.7 Å². The number of anilines is 1. The Balaban J connectivity index is 1.94. The highest BCUT2D eigenvalue weighted by atomic mass is 16.4. The van der Waals surface area contributed by atoms with Gasteiger partial charge in [-0.3, -0.25) is 9.48 Å². The summed E-state index contributed by atoms with van der Waals surface area (Å²) in [5.74, 6) is -0.379. The van der Waals surface area contributed by atoms with Gasteiger partial charge in [-0.05, 0) is 26.2 Å². The Morgan fingerprint density at radius 3 is 2.68 bits per heavy atom. The molecule has 0 saturated heterocycles. The van der Waals surface area contributed by atoms with Crippen molar-refractivity contribution in [3.63, 3.8) is 0 Å². The molecule has 0 bridgehead atoms. The molecule has 1 aliphatic carbocycles. The van der Waals surface area contributed by atoms with Gasteiger partial charge < -0.3 is 10.4 Å². The predicted molar refractivity (Wildman–Crippen MR) is 83.6 cm³/mol. The van der Waals surface area contributed by atoms with Crippen LogP contribution in [-0.4, -0.2) is 26.8 Å². The van der Waals surface area contributed by atoms with Crippen molar-refractivity contribution in [3.8, 4) is 0 Å². The number of carboxylic acids is 1. The van der Waals surface area contributed by atoms with Gasteiger partial charge in [-0.1, -0.05) is 32.6 Å². The van der Waals surface area contributed by atoms with Crippen LogP contribution >= 0.6 is 0 Å². The van der Waals surface area contributed by atoms with Crippen molar-refractivity contribution in [3.05, 3.63) is 12.4 Å². The summed E-state index contributed by atoms with van der Waals surface area (Å²) in [6, 6.07) is 0. The summed E-state index contributed by atoms with van der Waals surface area (Å²) in [4.78, 5) is 23.4. The van der Waals surface area contributed by atoms with Gasteiger partial charge in [0.15, 0.2) is 5.54 Å². The van der Waals surface area contributed by atoms with Crippen molar-refractivity contribution >= 4 is 17.6 Å². The smallest absolute Gasteiger partial charge is 0.331 e. The number of hydrogen-bond acceptors (Lipinski definition) is 3. The highest BCUT2D eigenvalue weighted by Gasteiger charge is 2.30. The van der Waals surface area contributed by atoms with E-state index < -0.39 is 11.5 Å². The minimum absolute atomic E-state index is 0.0282. The molecule has 22 heavy (non-hydrogen) atoms. The van der Waals surface area contributed by atoms with E-state index in [-0.39, 0.29) is 11.8 Å². The molecule has 0 aliphatic heterocycles. The van der Waals surface area contributed by atoms with E-state index in [4.69, 9.17) is 0 Å². The van der Waals surface area contributed by atoms with Crippen LogP contribution in [0, 0.1) is 11.8 Å². The van der Waals surface area contributed by atoms with Crippen molar-refractivity contribution in [2.75, 3.05) is 5.32 Å². The van der Waals surface area contributed by atoms with Crippen LogP contribution in [0.2, 0.25) is 0 Å². The third-order valence-electron chi connectivity index (χ3n) is 4.56. The Labute approximate surface area is 130 Å². The predicted octanol–water partition coefficient (Wildman–Crippen LogP) is 2.86. The van der Waals surface area contributed by atoms with Gasteiger partial charge in [0.2, 0.25) is 5.91 Å². The zero-order valence-electron chi connectivity index (χ0n) is 13.5. The maximum atomic E-state index is 12.2. The number of nitrogens with one attached hydrogen (secondary N) is 1. The van der Waals surface area contributed by atoms with E-state index in [1.165, 1.54) is 36.6 Å². The van der Waals surface area contributed by atoms with E-state index in [0.717, 1.165) is 6.42 Å². The molecular weight excluding hydrogens is 282 g/mol. The zero-order valence-corrected chi connectivity index (χ0v) is 13.5. The third kappa shape index (κ3) is 3.67. The number of carbonyl (C=O) groups is 2. The lowest BCUT2D eigenvalue weighted by molar-refractivity contribution is -0.146. The molecule has 0 aromatic carbocycles. The number of carbonyl (C=O) groups excluding carboxylic acids is 1. The Bertz CT molecular complexity index is 545. The van der Waals surface area contributed by atoms with E-state index in [0.29, 0.717) is 11.6 Å². The second-order valence-corrected chi connectivity index (χ2v) is 6.81. The molecule has 1 atom stereocenters. The van der Waals surface area contributed by atoms with Gasteiger partial charge in [0.05, 0.1) is 11.9 Å². The van der Waals surface area contributed by atoms with Gasteiger partial charge in [0.25, 0.3) is 0 Å². The molecule has 2 N–H and O–H groups in total. The van der Waals surface area contributed by atoms with Gasteiger partial charge in [-0.15, -0.1) is 0 Å². The standard InChI is InChI=1S/C16H25N3O3/c1-11(8-12-6-4-5-7-12)14(20)18-13-9-17-19(10-13)16(2,3)15(21)22/h9-12H,4-8H2,1-3H3,(H,18,20)(H,21,22). The molecule has 1 heterocycles. The van der Waals surface area contributed by atoms with E-state index in [2.05, 4.69) is 10.4 Å². The Morgan fingerprint density at radius 2 is 2.09 bits per heavy atom. The summed E-state index contributed by atoms with van der Waals surface area (Å²) in [5, 5.41) is 16.1. The molecule has 6 heteroatoms. The van der Waals surface area contributed by atoms with Crippen LogP contribution in [0.4, 0.5) is 5.69 Å². The highest BCUT2D eigenvalue weighted by Crippen LogP contribution is 2.30. The Kier molecular flexibility index (Phi) is 4.88. The fourth-order valence-electron chi connectivity index (χ4n) is 2.91. The summed E-state index contributed by atoms with van der Waals surface area (Å²) in [7, 11) is 0. The Morgan fingerprint density at radius 1 is 1.45 bits per heavy atom. The first-order chi connectivity index (χ1) is 10.3. The van der Waals surface area contributed by atoms with Gasteiger partial charge in [-0.25, -0.2) is 4.79 Å².